The summed E-state index contributed by atoms with van der Waals surface area (Å²) in [5.41, 5.74) is 0.977. The maximum atomic E-state index is 12.1. The van der Waals surface area contributed by atoms with Crippen LogP contribution in [0.3, 0.4) is 0 Å². The molecule has 0 aromatic carbocycles. The average Bonchev–Trinajstić information content (AvgIpc) is 2.47. The molecule has 1 rings (SSSR count). The summed E-state index contributed by atoms with van der Waals surface area (Å²) in [4.78, 5) is 47.5. The Morgan fingerprint density at radius 2 is 1.74 bits per heavy atom. The summed E-state index contributed by atoms with van der Waals surface area (Å²) in [6, 6.07) is 0. The van der Waals surface area contributed by atoms with Crippen molar-refractivity contribution in [3.8, 4) is 0 Å². The van der Waals surface area contributed by atoms with E-state index in [0.29, 0.717) is 0 Å². The minimum atomic E-state index is -1.34. The Balaban J connectivity index is 2.90. The minimum Gasteiger partial charge on any atom is -0.298 e. The normalized spacial score (nSPS) is 23.1. The molecule has 0 bridgehead atoms. The van der Waals surface area contributed by atoms with E-state index in [9.17, 15) is 19.2 Å². The van der Waals surface area contributed by atoms with Gasteiger partial charge in [0.1, 0.15) is 5.92 Å². The molecule has 0 amide bonds. The highest BCUT2D eigenvalue weighted by Gasteiger charge is 2.51. The number of carbonyl (C=O) groups excluding carboxylic acids is 4. The number of rotatable bonds is 5. The molecule has 4 heteroatoms. The smallest absolute Gasteiger partial charge is 0.217 e. The zero-order chi connectivity index (χ0) is 14.7. The van der Waals surface area contributed by atoms with Gasteiger partial charge in [-0.25, -0.2) is 0 Å². The molecule has 104 valence electrons. The molecule has 0 spiro atoms. The Bertz CT molecular complexity index is 453. The third kappa shape index (κ3) is 3.46. The van der Waals surface area contributed by atoms with Crippen LogP contribution >= 0.6 is 0 Å². The Kier molecular flexibility index (Phi) is 4.92. The second-order valence-corrected chi connectivity index (χ2v) is 5.70. The van der Waals surface area contributed by atoms with Gasteiger partial charge in [-0.2, -0.15) is 0 Å². The van der Waals surface area contributed by atoms with Crippen LogP contribution in [0.2, 0.25) is 0 Å². The van der Waals surface area contributed by atoms with Crippen molar-refractivity contribution < 1.29 is 19.2 Å². The molecule has 4 nitrogen and oxygen atoms in total. The Labute approximate surface area is 113 Å². The lowest BCUT2D eigenvalue weighted by Crippen LogP contribution is -2.27. The SMILES string of the molecule is CC(C)=CCC1C(=O)C(=O)C(C(=O)CC(C)C)C1=O. The highest BCUT2D eigenvalue weighted by atomic mass is 16.2. The molecular formula is C15H20O4. The van der Waals surface area contributed by atoms with Crippen molar-refractivity contribution in [1.29, 1.82) is 0 Å². The fraction of sp³-hybridized carbons (Fsp3) is 0.600. The molecule has 1 aliphatic carbocycles. The molecule has 0 aliphatic heterocycles. The van der Waals surface area contributed by atoms with Crippen molar-refractivity contribution in [1.82, 2.24) is 0 Å². The fourth-order valence-corrected chi connectivity index (χ4v) is 2.18. The van der Waals surface area contributed by atoms with Crippen LogP contribution in [-0.4, -0.2) is 23.1 Å². The Morgan fingerprint density at radius 3 is 2.21 bits per heavy atom. The molecule has 0 N–H and O–H groups in total. The molecule has 1 fully saturated rings. The van der Waals surface area contributed by atoms with E-state index >= 15 is 0 Å². The van der Waals surface area contributed by atoms with Crippen LogP contribution in [-0.2, 0) is 19.2 Å². The first-order valence-corrected chi connectivity index (χ1v) is 6.53. The lowest BCUT2D eigenvalue weighted by atomic mass is 9.92. The summed E-state index contributed by atoms with van der Waals surface area (Å²) < 4.78 is 0. The molecule has 2 unspecified atom stereocenters. The Morgan fingerprint density at radius 1 is 1.16 bits per heavy atom. The number of carbonyl (C=O) groups is 4. The van der Waals surface area contributed by atoms with Crippen LogP contribution in [0.25, 0.3) is 0 Å². The van der Waals surface area contributed by atoms with Crippen molar-refractivity contribution in [3.05, 3.63) is 11.6 Å². The highest BCUT2D eigenvalue weighted by molar-refractivity contribution is 6.55. The van der Waals surface area contributed by atoms with Gasteiger partial charge in [0.25, 0.3) is 0 Å². The van der Waals surface area contributed by atoms with Gasteiger partial charge in [-0.3, -0.25) is 19.2 Å². The Hall–Kier alpha value is -1.58. The molecule has 1 aliphatic rings. The first-order chi connectivity index (χ1) is 8.75. The molecule has 19 heavy (non-hydrogen) atoms. The van der Waals surface area contributed by atoms with E-state index in [1.165, 1.54) is 0 Å². The van der Waals surface area contributed by atoms with Crippen molar-refractivity contribution in [2.24, 2.45) is 17.8 Å². The van der Waals surface area contributed by atoms with Gasteiger partial charge in [0, 0.05) is 6.42 Å². The largest absolute Gasteiger partial charge is 0.298 e. The molecule has 1 saturated carbocycles. The topological polar surface area (TPSA) is 68.3 Å². The zero-order valence-corrected chi connectivity index (χ0v) is 11.9. The first-order valence-electron chi connectivity index (χ1n) is 6.53. The van der Waals surface area contributed by atoms with Crippen LogP contribution in [0.1, 0.15) is 40.5 Å². The quantitative estimate of drug-likeness (QED) is 0.432. The number of hydrogen-bond acceptors (Lipinski definition) is 4. The fourth-order valence-electron chi connectivity index (χ4n) is 2.18. The predicted molar refractivity (Wildman–Crippen MR) is 70.5 cm³/mol. The summed E-state index contributed by atoms with van der Waals surface area (Å²) in [6.45, 7) is 7.38. The van der Waals surface area contributed by atoms with Gasteiger partial charge in [-0.1, -0.05) is 25.5 Å². The first kappa shape index (κ1) is 15.5. The summed E-state index contributed by atoms with van der Waals surface area (Å²) >= 11 is 0. The van der Waals surface area contributed by atoms with Crippen LogP contribution < -0.4 is 0 Å². The van der Waals surface area contributed by atoms with Crippen molar-refractivity contribution >= 4 is 23.1 Å². The molecule has 0 heterocycles. The lowest BCUT2D eigenvalue weighted by molar-refractivity contribution is -0.140. The molecular weight excluding hydrogens is 244 g/mol. The van der Waals surface area contributed by atoms with Crippen LogP contribution in [0.15, 0.2) is 11.6 Å². The van der Waals surface area contributed by atoms with E-state index in [4.69, 9.17) is 0 Å². The van der Waals surface area contributed by atoms with E-state index < -0.39 is 35.0 Å². The second-order valence-electron chi connectivity index (χ2n) is 5.70. The van der Waals surface area contributed by atoms with Crippen molar-refractivity contribution in [2.75, 3.05) is 0 Å². The van der Waals surface area contributed by atoms with Gasteiger partial charge in [0.05, 0.1) is 5.92 Å². The monoisotopic (exact) mass is 264 g/mol. The van der Waals surface area contributed by atoms with E-state index in [2.05, 4.69) is 0 Å². The molecule has 2 atom stereocenters. The van der Waals surface area contributed by atoms with Gasteiger partial charge in [0.2, 0.25) is 11.6 Å². The van der Waals surface area contributed by atoms with Gasteiger partial charge < -0.3 is 0 Å². The highest BCUT2D eigenvalue weighted by Crippen LogP contribution is 2.27. The number of Topliss-reactive ketones (excluding diaryl/α,β-unsaturated/α-hetero) is 4. The van der Waals surface area contributed by atoms with Gasteiger partial charge in [-0.15, -0.1) is 0 Å². The molecule has 0 aromatic rings. The maximum absolute atomic E-state index is 12.1. The van der Waals surface area contributed by atoms with Gasteiger partial charge in [-0.05, 0) is 26.2 Å². The van der Waals surface area contributed by atoms with Crippen molar-refractivity contribution in [2.45, 2.75) is 40.5 Å². The molecule has 0 aromatic heterocycles. The van der Waals surface area contributed by atoms with Crippen molar-refractivity contribution in [3.63, 3.8) is 0 Å². The predicted octanol–water partition coefficient (Wildman–Crippen LogP) is 1.91. The third-order valence-electron chi connectivity index (χ3n) is 3.14. The van der Waals surface area contributed by atoms with Crippen LogP contribution in [0.5, 0.6) is 0 Å². The molecule has 0 saturated heterocycles. The van der Waals surface area contributed by atoms with Crippen LogP contribution in [0, 0.1) is 17.8 Å². The molecule has 0 radical (unpaired) electrons. The van der Waals surface area contributed by atoms with Gasteiger partial charge in [0.15, 0.2) is 11.6 Å². The standard InChI is InChI=1S/C15H20O4/c1-8(2)5-6-10-13(17)12(15(19)14(10)18)11(16)7-9(3)4/h5,9-10,12H,6-7H2,1-4H3. The third-order valence-corrected chi connectivity index (χ3v) is 3.14. The lowest BCUT2D eigenvalue weighted by Gasteiger charge is -2.08. The van der Waals surface area contributed by atoms with E-state index in [0.717, 1.165) is 5.57 Å². The number of ketones is 4. The number of hydrogen-bond donors (Lipinski definition) is 0. The zero-order valence-electron chi connectivity index (χ0n) is 11.9. The summed E-state index contributed by atoms with van der Waals surface area (Å²) in [7, 11) is 0. The number of allylic oxidation sites excluding steroid dienone is 2. The maximum Gasteiger partial charge on any atom is 0.217 e. The summed E-state index contributed by atoms with van der Waals surface area (Å²) in [5.74, 6) is -4.68. The van der Waals surface area contributed by atoms with E-state index in [1.54, 1.807) is 6.08 Å². The second kappa shape index (κ2) is 6.04. The minimum absolute atomic E-state index is 0.0695. The van der Waals surface area contributed by atoms with E-state index in [-0.39, 0.29) is 18.8 Å². The summed E-state index contributed by atoms with van der Waals surface area (Å²) in [5, 5.41) is 0. The van der Waals surface area contributed by atoms with E-state index in [1.807, 2.05) is 27.7 Å². The average molecular weight is 264 g/mol. The van der Waals surface area contributed by atoms with Gasteiger partial charge >= 0.3 is 0 Å². The summed E-state index contributed by atoms with van der Waals surface area (Å²) in [6.07, 6.45) is 2.13. The van der Waals surface area contributed by atoms with Crippen LogP contribution in [0.4, 0.5) is 0 Å².